The van der Waals surface area contributed by atoms with Crippen LogP contribution < -0.4 is 4.87 Å². The number of ether oxygens (including phenoxy) is 1. The summed E-state index contributed by atoms with van der Waals surface area (Å²) in [4.78, 5) is 13.4. The van der Waals surface area contributed by atoms with Crippen LogP contribution in [0, 0.1) is 6.92 Å². The maximum Gasteiger partial charge on any atom is 0.305 e. The first-order valence-corrected chi connectivity index (χ1v) is 7.93. The minimum absolute atomic E-state index is 0.0653. The van der Waals surface area contributed by atoms with E-state index in [1.807, 2.05) is 0 Å². The molecule has 1 atom stereocenters. The van der Waals surface area contributed by atoms with Crippen LogP contribution in [0.2, 0.25) is 0 Å². The van der Waals surface area contributed by atoms with E-state index in [4.69, 9.17) is 4.74 Å². The Morgan fingerprint density at radius 1 is 1.50 bits per heavy atom. The van der Waals surface area contributed by atoms with Crippen LogP contribution in [0.5, 0.6) is 0 Å². The van der Waals surface area contributed by atoms with Gasteiger partial charge in [-0.15, -0.1) is 0 Å². The van der Waals surface area contributed by atoms with Crippen molar-refractivity contribution in [2.45, 2.75) is 30.1 Å². The fourth-order valence-corrected chi connectivity index (χ4v) is 5.02. The number of aryl methyl sites for hydroxylation is 1. The molecular formula is C10H16N2O4S2. The normalized spacial score (nSPS) is 22.2. The monoisotopic (exact) mass is 292 g/mol. The standard InChI is InChI=1S/C10H16N2O4S2/c1-7-9(17-10(13)11-7)18(14,15)12-5-3-4-8(6-12)16-2/h8H,3-6H2,1-2H3,(H,11,13). The molecule has 1 aromatic heterocycles. The van der Waals surface area contributed by atoms with E-state index in [1.165, 1.54) is 4.31 Å². The van der Waals surface area contributed by atoms with Crippen LogP contribution in [0.25, 0.3) is 0 Å². The van der Waals surface area contributed by atoms with Gasteiger partial charge < -0.3 is 9.72 Å². The Morgan fingerprint density at radius 3 is 2.78 bits per heavy atom. The molecular weight excluding hydrogens is 276 g/mol. The van der Waals surface area contributed by atoms with E-state index in [1.54, 1.807) is 14.0 Å². The Morgan fingerprint density at radius 2 is 2.22 bits per heavy atom. The zero-order valence-corrected chi connectivity index (χ0v) is 11.9. The second-order valence-corrected chi connectivity index (χ2v) is 7.41. The molecule has 18 heavy (non-hydrogen) atoms. The number of aromatic amines is 1. The predicted octanol–water partition coefficient (Wildman–Crippen LogP) is 0.544. The van der Waals surface area contributed by atoms with Crippen molar-refractivity contribution in [2.75, 3.05) is 20.2 Å². The highest BCUT2D eigenvalue weighted by atomic mass is 32.2. The first kappa shape index (κ1) is 13.7. The van der Waals surface area contributed by atoms with Crippen molar-refractivity contribution in [1.29, 1.82) is 0 Å². The average Bonchev–Trinajstić information content (AvgIpc) is 2.69. The Bertz CT molecular complexity index is 575. The lowest BCUT2D eigenvalue weighted by Gasteiger charge is -2.30. The molecule has 2 heterocycles. The average molecular weight is 292 g/mol. The number of H-pyrrole nitrogens is 1. The number of nitrogens with zero attached hydrogens (tertiary/aromatic N) is 1. The molecule has 1 aromatic rings. The summed E-state index contributed by atoms with van der Waals surface area (Å²) in [5, 5.41) is 0. The predicted molar refractivity (Wildman–Crippen MR) is 68.5 cm³/mol. The van der Waals surface area contributed by atoms with Crippen LogP contribution in [0.15, 0.2) is 9.00 Å². The summed E-state index contributed by atoms with van der Waals surface area (Å²) in [5.74, 6) is 0. The van der Waals surface area contributed by atoms with Gasteiger partial charge in [-0.25, -0.2) is 8.42 Å². The highest BCUT2D eigenvalue weighted by Gasteiger charge is 2.32. The smallest absolute Gasteiger partial charge is 0.305 e. The van der Waals surface area contributed by atoms with Crippen molar-refractivity contribution in [3.63, 3.8) is 0 Å². The quantitative estimate of drug-likeness (QED) is 0.882. The van der Waals surface area contributed by atoms with Crippen LogP contribution >= 0.6 is 11.3 Å². The summed E-state index contributed by atoms with van der Waals surface area (Å²) in [5.41, 5.74) is 0.407. The second kappa shape index (κ2) is 5.12. The SMILES string of the molecule is COC1CCCN(S(=O)(=O)c2sc(=O)[nH]c2C)C1. The molecule has 1 saturated heterocycles. The maximum absolute atomic E-state index is 12.4. The van der Waals surface area contributed by atoms with Crippen molar-refractivity contribution in [2.24, 2.45) is 0 Å². The van der Waals surface area contributed by atoms with Gasteiger partial charge in [-0.05, 0) is 19.8 Å². The fraction of sp³-hybridized carbons (Fsp3) is 0.700. The van der Waals surface area contributed by atoms with Crippen LogP contribution in [-0.4, -0.2) is 44.0 Å². The van der Waals surface area contributed by atoms with Gasteiger partial charge in [0.15, 0.2) is 4.21 Å². The summed E-state index contributed by atoms with van der Waals surface area (Å²) >= 11 is 0.742. The van der Waals surface area contributed by atoms with E-state index in [9.17, 15) is 13.2 Å². The number of piperidine rings is 1. The van der Waals surface area contributed by atoms with Crippen LogP contribution in [0.4, 0.5) is 0 Å². The van der Waals surface area contributed by atoms with Gasteiger partial charge in [0.1, 0.15) is 0 Å². The minimum atomic E-state index is -3.57. The van der Waals surface area contributed by atoms with Gasteiger partial charge in [0.2, 0.25) is 0 Å². The molecule has 1 aliphatic heterocycles. The van der Waals surface area contributed by atoms with Crippen molar-refractivity contribution < 1.29 is 13.2 Å². The molecule has 1 N–H and O–H groups in total. The minimum Gasteiger partial charge on any atom is -0.380 e. The molecule has 0 aliphatic carbocycles. The second-order valence-electron chi connectivity index (χ2n) is 4.29. The van der Waals surface area contributed by atoms with E-state index in [0.29, 0.717) is 18.8 Å². The summed E-state index contributed by atoms with van der Waals surface area (Å²) in [6, 6.07) is 0. The summed E-state index contributed by atoms with van der Waals surface area (Å²) in [6.07, 6.45) is 1.57. The van der Waals surface area contributed by atoms with Gasteiger partial charge in [0.25, 0.3) is 10.0 Å². The Hall–Kier alpha value is -0.700. The molecule has 6 nitrogen and oxygen atoms in total. The topological polar surface area (TPSA) is 79.5 Å². The van der Waals surface area contributed by atoms with Gasteiger partial charge in [0, 0.05) is 25.9 Å². The number of hydrogen-bond acceptors (Lipinski definition) is 5. The number of hydrogen-bond donors (Lipinski definition) is 1. The molecule has 0 spiro atoms. The lowest BCUT2D eigenvalue weighted by atomic mass is 10.1. The largest absolute Gasteiger partial charge is 0.380 e. The van der Waals surface area contributed by atoms with Gasteiger partial charge >= 0.3 is 4.87 Å². The van der Waals surface area contributed by atoms with Crippen molar-refractivity contribution in [3.05, 3.63) is 15.4 Å². The van der Waals surface area contributed by atoms with Crippen LogP contribution in [0.1, 0.15) is 18.5 Å². The zero-order valence-electron chi connectivity index (χ0n) is 10.3. The molecule has 0 saturated carbocycles. The van der Waals surface area contributed by atoms with Gasteiger partial charge in [-0.1, -0.05) is 11.3 Å². The third-order valence-electron chi connectivity index (χ3n) is 3.03. The van der Waals surface area contributed by atoms with E-state index < -0.39 is 10.0 Å². The summed E-state index contributed by atoms with van der Waals surface area (Å²) < 4.78 is 31.5. The molecule has 1 unspecified atom stereocenters. The van der Waals surface area contributed by atoms with Crippen LogP contribution in [0.3, 0.4) is 0 Å². The fourth-order valence-electron chi connectivity index (χ4n) is 2.07. The first-order chi connectivity index (χ1) is 8.45. The van der Waals surface area contributed by atoms with E-state index in [0.717, 1.165) is 24.2 Å². The number of rotatable bonds is 3. The molecule has 8 heteroatoms. The third kappa shape index (κ3) is 2.51. The van der Waals surface area contributed by atoms with E-state index in [2.05, 4.69) is 4.98 Å². The highest BCUT2D eigenvalue weighted by molar-refractivity contribution is 7.91. The highest BCUT2D eigenvalue weighted by Crippen LogP contribution is 2.24. The lowest BCUT2D eigenvalue weighted by molar-refractivity contribution is 0.0572. The number of nitrogens with one attached hydrogen (secondary N) is 1. The molecule has 0 bridgehead atoms. The summed E-state index contributed by atoms with van der Waals surface area (Å²) in [6.45, 7) is 2.43. The zero-order chi connectivity index (χ0) is 13.3. The Kier molecular flexibility index (Phi) is 3.90. The lowest BCUT2D eigenvalue weighted by Crippen LogP contribution is -2.42. The summed E-state index contributed by atoms with van der Waals surface area (Å²) in [7, 11) is -1.99. The molecule has 2 rings (SSSR count). The van der Waals surface area contributed by atoms with Gasteiger partial charge in [0.05, 0.1) is 6.10 Å². The molecule has 0 radical (unpaired) electrons. The molecule has 0 amide bonds. The number of methoxy groups -OCH3 is 1. The van der Waals surface area contributed by atoms with Gasteiger partial charge in [-0.2, -0.15) is 4.31 Å². The Labute approximate surface area is 110 Å². The molecule has 0 aromatic carbocycles. The van der Waals surface area contributed by atoms with Crippen LogP contribution in [-0.2, 0) is 14.8 Å². The van der Waals surface area contributed by atoms with E-state index >= 15 is 0 Å². The first-order valence-electron chi connectivity index (χ1n) is 5.68. The Balaban J connectivity index is 2.31. The number of thiazole rings is 1. The third-order valence-corrected chi connectivity index (χ3v) is 6.48. The number of sulfonamides is 1. The van der Waals surface area contributed by atoms with Crippen molar-refractivity contribution >= 4 is 21.4 Å². The molecule has 1 fully saturated rings. The van der Waals surface area contributed by atoms with Crippen molar-refractivity contribution in [3.8, 4) is 0 Å². The van der Waals surface area contributed by atoms with Gasteiger partial charge in [-0.3, -0.25) is 4.79 Å². The number of aromatic nitrogens is 1. The molecule has 1 aliphatic rings. The molecule has 102 valence electrons. The van der Waals surface area contributed by atoms with E-state index in [-0.39, 0.29) is 15.2 Å². The maximum atomic E-state index is 12.4. The van der Waals surface area contributed by atoms with Crippen molar-refractivity contribution in [1.82, 2.24) is 9.29 Å².